The van der Waals surface area contributed by atoms with Gasteiger partial charge in [0.15, 0.2) is 0 Å². The molecule has 218 valence electrons. The zero-order valence-corrected chi connectivity index (χ0v) is 24.3. The number of para-hydroxylation sites is 1. The van der Waals surface area contributed by atoms with Crippen LogP contribution in [0.2, 0.25) is 0 Å². The summed E-state index contributed by atoms with van der Waals surface area (Å²) in [6, 6.07) is 8.54. The number of benzene rings is 1. The van der Waals surface area contributed by atoms with Gasteiger partial charge in [0.1, 0.15) is 11.6 Å². The molecule has 3 aliphatic heterocycles. The Morgan fingerprint density at radius 1 is 1.10 bits per heavy atom. The third-order valence-corrected chi connectivity index (χ3v) is 9.12. The van der Waals surface area contributed by atoms with Crippen molar-refractivity contribution in [1.82, 2.24) is 9.80 Å². The third-order valence-electron chi connectivity index (χ3n) is 9.12. The number of aliphatic hydroxyl groups excluding tert-OH is 1. The minimum atomic E-state index is -1.06. The Morgan fingerprint density at radius 2 is 1.80 bits per heavy atom. The van der Waals surface area contributed by atoms with Crippen LogP contribution in [0.4, 0.5) is 5.69 Å². The van der Waals surface area contributed by atoms with Gasteiger partial charge in [-0.1, -0.05) is 37.3 Å². The van der Waals surface area contributed by atoms with Gasteiger partial charge in [-0.2, -0.15) is 0 Å². The normalized spacial score (nSPS) is 28.6. The number of rotatable bonds is 14. The van der Waals surface area contributed by atoms with Gasteiger partial charge < -0.3 is 24.5 Å². The first-order valence-electron chi connectivity index (χ1n) is 14.7. The van der Waals surface area contributed by atoms with E-state index in [1.54, 1.807) is 26.9 Å². The highest BCUT2D eigenvalue weighted by Crippen LogP contribution is 2.64. The molecular formula is C32H45N3O5. The molecule has 0 radical (unpaired) electrons. The maximum atomic E-state index is 14.5. The molecule has 2 bridgehead atoms. The van der Waals surface area contributed by atoms with Crippen molar-refractivity contribution in [2.45, 2.75) is 82.6 Å². The second-order valence-electron chi connectivity index (χ2n) is 11.6. The van der Waals surface area contributed by atoms with Crippen molar-refractivity contribution in [3.63, 3.8) is 0 Å². The molecule has 0 saturated carbocycles. The number of carbonyl (C=O) groups excluding carboxylic acids is 3. The van der Waals surface area contributed by atoms with Crippen molar-refractivity contribution in [3.8, 4) is 0 Å². The fourth-order valence-corrected chi connectivity index (χ4v) is 7.26. The lowest BCUT2D eigenvalue weighted by Gasteiger charge is -2.38. The smallest absolute Gasteiger partial charge is 0.248 e. The molecule has 8 heteroatoms. The molecule has 3 fully saturated rings. The van der Waals surface area contributed by atoms with E-state index in [1.807, 2.05) is 51.1 Å². The second-order valence-corrected chi connectivity index (χ2v) is 11.6. The Balaban J connectivity index is 1.79. The number of hydrogen-bond acceptors (Lipinski definition) is 5. The molecule has 1 aromatic carbocycles. The predicted octanol–water partition coefficient (Wildman–Crippen LogP) is 3.95. The van der Waals surface area contributed by atoms with Crippen molar-refractivity contribution in [2.75, 3.05) is 31.1 Å². The molecule has 8 nitrogen and oxygen atoms in total. The van der Waals surface area contributed by atoms with Crippen molar-refractivity contribution in [3.05, 3.63) is 55.6 Å². The lowest BCUT2D eigenvalue weighted by atomic mass is 9.64. The Labute approximate surface area is 238 Å². The van der Waals surface area contributed by atoms with Crippen LogP contribution in [0.1, 0.15) is 59.3 Å². The Bertz CT molecular complexity index is 1110. The van der Waals surface area contributed by atoms with Crippen LogP contribution in [0.15, 0.2) is 55.6 Å². The van der Waals surface area contributed by atoms with Crippen LogP contribution >= 0.6 is 0 Å². The molecule has 1 N–H and O–H groups in total. The molecule has 3 heterocycles. The number of anilines is 1. The van der Waals surface area contributed by atoms with Gasteiger partial charge in [-0.05, 0) is 64.5 Å². The topological polar surface area (TPSA) is 90.4 Å². The minimum Gasteiger partial charge on any atom is -0.396 e. The van der Waals surface area contributed by atoms with Gasteiger partial charge in [0.05, 0.1) is 17.4 Å². The van der Waals surface area contributed by atoms with Crippen LogP contribution in [0.3, 0.4) is 0 Å². The Kier molecular flexibility index (Phi) is 9.20. The van der Waals surface area contributed by atoms with E-state index in [9.17, 15) is 19.5 Å². The fraction of sp³-hybridized carbons (Fsp3) is 0.594. The number of likely N-dealkylation sites (tertiary alicyclic amines) is 1. The summed E-state index contributed by atoms with van der Waals surface area (Å²) in [7, 11) is 0. The molecule has 0 aliphatic carbocycles. The van der Waals surface area contributed by atoms with E-state index in [0.717, 1.165) is 12.1 Å². The van der Waals surface area contributed by atoms with E-state index in [4.69, 9.17) is 4.74 Å². The maximum Gasteiger partial charge on any atom is 0.248 e. The van der Waals surface area contributed by atoms with Crippen molar-refractivity contribution in [1.29, 1.82) is 0 Å². The molecule has 3 amide bonds. The molecule has 40 heavy (non-hydrogen) atoms. The number of aliphatic hydroxyl groups is 1. The largest absolute Gasteiger partial charge is 0.396 e. The molecule has 4 rings (SSSR count). The van der Waals surface area contributed by atoms with E-state index in [0.29, 0.717) is 51.7 Å². The Hall–Kier alpha value is -2.97. The van der Waals surface area contributed by atoms with Gasteiger partial charge in [-0.3, -0.25) is 14.4 Å². The number of hydrogen-bond donors (Lipinski definition) is 1. The second kappa shape index (κ2) is 12.3. The highest BCUT2D eigenvalue weighted by Gasteiger charge is 2.79. The maximum absolute atomic E-state index is 14.5. The van der Waals surface area contributed by atoms with Crippen LogP contribution in [0.5, 0.6) is 0 Å². The van der Waals surface area contributed by atoms with Gasteiger partial charge in [0.25, 0.3) is 0 Å². The first-order valence-corrected chi connectivity index (χ1v) is 14.7. The van der Waals surface area contributed by atoms with Crippen LogP contribution in [0, 0.1) is 11.8 Å². The quantitative estimate of drug-likeness (QED) is 0.279. The summed E-state index contributed by atoms with van der Waals surface area (Å²) in [5.74, 6) is -1.94. The summed E-state index contributed by atoms with van der Waals surface area (Å²) in [5, 5.41) is 9.28. The molecule has 3 aliphatic rings. The lowest BCUT2D eigenvalue weighted by Crippen LogP contribution is -2.57. The summed E-state index contributed by atoms with van der Waals surface area (Å²) in [6.45, 7) is 14.8. The van der Waals surface area contributed by atoms with Gasteiger partial charge in [-0.15, -0.1) is 13.2 Å². The lowest BCUT2D eigenvalue weighted by molar-refractivity contribution is -0.153. The average molecular weight is 552 g/mol. The van der Waals surface area contributed by atoms with E-state index in [-0.39, 0.29) is 30.4 Å². The number of nitrogens with zero attached hydrogens (tertiary/aromatic N) is 3. The monoisotopic (exact) mass is 551 g/mol. The van der Waals surface area contributed by atoms with E-state index < -0.39 is 29.1 Å². The number of ether oxygens (including phenoxy) is 1. The molecule has 3 saturated heterocycles. The third kappa shape index (κ3) is 4.90. The minimum absolute atomic E-state index is 0.0840. The van der Waals surface area contributed by atoms with Crippen LogP contribution in [0.25, 0.3) is 0 Å². The predicted molar refractivity (Wildman–Crippen MR) is 156 cm³/mol. The first-order chi connectivity index (χ1) is 19.2. The highest BCUT2D eigenvalue weighted by molar-refractivity contribution is 6.03. The zero-order valence-electron chi connectivity index (χ0n) is 24.3. The number of fused-ring (bicyclic) bond motifs is 1. The average Bonchev–Trinajstić information content (AvgIpc) is 3.56. The van der Waals surface area contributed by atoms with Gasteiger partial charge >= 0.3 is 0 Å². The van der Waals surface area contributed by atoms with Crippen molar-refractivity contribution < 1.29 is 24.2 Å². The van der Waals surface area contributed by atoms with E-state index in [2.05, 4.69) is 13.2 Å². The highest BCUT2D eigenvalue weighted by atomic mass is 16.5. The van der Waals surface area contributed by atoms with Crippen LogP contribution < -0.4 is 4.90 Å². The summed E-state index contributed by atoms with van der Waals surface area (Å²) >= 11 is 0. The van der Waals surface area contributed by atoms with Gasteiger partial charge in [0.2, 0.25) is 17.7 Å². The summed E-state index contributed by atoms with van der Waals surface area (Å²) in [5.41, 5.74) is -1.13. The SMILES string of the molecule is C=CCN(C(=O)[C@H]1[C@H]2C(=O)N(CCCCCO)C(C(=O)N(CC=C)C(C)C)C23CC[C@]1(CC)O3)c1ccccc1. The van der Waals surface area contributed by atoms with Gasteiger partial charge in [0, 0.05) is 38.0 Å². The molecule has 0 aromatic heterocycles. The Morgan fingerprint density at radius 3 is 2.40 bits per heavy atom. The first kappa shape index (κ1) is 30.0. The standard InChI is InChI=1S/C32H45N3O5/c1-6-19-33(23(4)5)30(39)27-32-18-17-31(8-3,40-32)25(26(32)29(38)35(27)21-13-10-14-22-36)28(37)34(20-7-2)24-15-11-9-12-16-24/h6-7,9,11-12,15-16,23,25-27,36H,1-2,8,10,13-14,17-22H2,3-5H3/t25-,26+,27?,31+,32?/m1/s1. The zero-order chi connectivity index (χ0) is 29.1. The van der Waals surface area contributed by atoms with Gasteiger partial charge in [-0.25, -0.2) is 0 Å². The number of amides is 3. The van der Waals surface area contributed by atoms with Crippen LogP contribution in [-0.2, 0) is 19.1 Å². The summed E-state index contributed by atoms with van der Waals surface area (Å²) < 4.78 is 6.94. The van der Waals surface area contributed by atoms with Crippen molar-refractivity contribution in [2.24, 2.45) is 11.8 Å². The molecule has 5 atom stereocenters. The molecule has 1 spiro atoms. The molecular weight excluding hydrogens is 506 g/mol. The molecule has 1 aromatic rings. The summed E-state index contributed by atoms with van der Waals surface area (Å²) in [6.07, 6.45) is 7.17. The fourth-order valence-electron chi connectivity index (χ4n) is 7.26. The van der Waals surface area contributed by atoms with Crippen LogP contribution in [-0.4, -0.2) is 82.2 Å². The number of carbonyl (C=O) groups is 3. The van der Waals surface area contributed by atoms with E-state index >= 15 is 0 Å². The van der Waals surface area contributed by atoms with Crippen molar-refractivity contribution >= 4 is 23.4 Å². The molecule has 2 unspecified atom stereocenters. The number of unbranched alkanes of at least 4 members (excludes halogenated alkanes) is 2. The summed E-state index contributed by atoms with van der Waals surface area (Å²) in [4.78, 5) is 48.4. The van der Waals surface area contributed by atoms with E-state index in [1.165, 1.54) is 0 Å².